The zero-order valence-electron chi connectivity index (χ0n) is 15.3. The van der Waals surface area contributed by atoms with Gasteiger partial charge in [0.05, 0.1) is 24.0 Å². The largest absolute Gasteiger partial charge is 0.492 e. The summed E-state index contributed by atoms with van der Waals surface area (Å²) in [4.78, 5) is 0. The summed E-state index contributed by atoms with van der Waals surface area (Å²) in [5.74, 6) is 0.365. The number of methoxy groups -OCH3 is 1. The Labute approximate surface area is 150 Å². The van der Waals surface area contributed by atoms with E-state index in [9.17, 15) is 4.39 Å². The lowest BCUT2D eigenvalue weighted by Crippen LogP contribution is -2.44. The van der Waals surface area contributed by atoms with Crippen LogP contribution in [0, 0.1) is 5.82 Å². The third kappa shape index (κ3) is 10.8. The van der Waals surface area contributed by atoms with Gasteiger partial charge in [0.15, 0.2) is 11.6 Å². The van der Waals surface area contributed by atoms with Crippen molar-refractivity contribution in [3.05, 3.63) is 17.9 Å². The summed E-state index contributed by atoms with van der Waals surface area (Å²) >= 11 is 0.902. The lowest BCUT2D eigenvalue weighted by Gasteiger charge is -2.31. The lowest BCUT2D eigenvalue weighted by atomic mass is 9.90. The number of aliphatic hydroxyl groups is 2. The van der Waals surface area contributed by atoms with Crippen molar-refractivity contribution in [1.29, 1.82) is 0 Å². The van der Waals surface area contributed by atoms with E-state index in [1.165, 1.54) is 13.2 Å². The minimum absolute atomic E-state index is 0.0409. The lowest BCUT2D eigenvalue weighted by molar-refractivity contribution is -0.107. The zero-order chi connectivity index (χ0) is 19.6. The monoisotopic (exact) mass is 361 g/mol. The second-order valence-electron chi connectivity index (χ2n) is 6.08. The molecule has 0 amide bonds. The van der Waals surface area contributed by atoms with Crippen molar-refractivity contribution in [3.8, 4) is 5.75 Å². The van der Waals surface area contributed by atoms with Gasteiger partial charge in [0.25, 0.3) is 0 Å². The summed E-state index contributed by atoms with van der Waals surface area (Å²) in [6.45, 7) is 8.34. The Hall–Kier alpha value is -0.955. The van der Waals surface area contributed by atoms with E-state index in [2.05, 4.69) is 4.74 Å². The molecule has 24 heavy (non-hydrogen) atoms. The van der Waals surface area contributed by atoms with E-state index >= 15 is 0 Å². The molecule has 5 nitrogen and oxygen atoms in total. The standard InChI is InChI=1S/C7H7BFNO.C6H14O2.C3H8OS/c1-11-7-5(9)2-4(8)3-6(7)10;1-5(2,7)6(3,4)8;1-2-3-5-4/h2-3H,10H2,1H3;7-8H,1-4H3;4H,2-3H2,1H3. The highest BCUT2D eigenvalue weighted by molar-refractivity contribution is 7.93. The summed E-state index contributed by atoms with van der Waals surface area (Å²) < 4.78 is 25.5. The van der Waals surface area contributed by atoms with Crippen molar-refractivity contribution < 1.29 is 23.9 Å². The van der Waals surface area contributed by atoms with E-state index in [-0.39, 0.29) is 11.4 Å². The number of benzene rings is 1. The highest BCUT2D eigenvalue weighted by Gasteiger charge is 2.31. The van der Waals surface area contributed by atoms with Gasteiger partial charge in [-0.1, -0.05) is 12.4 Å². The fourth-order valence-electron chi connectivity index (χ4n) is 0.943. The molecule has 1 aromatic carbocycles. The van der Waals surface area contributed by atoms with E-state index < -0.39 is 17.0 Å². The molecule has 0 bridgehead atoms. The van der Waals surface area contributed by atoms with Crippen LogP contribution in [0.25, 0.3) is 0 Å². The maximum Gasteiger partial charge on any atom is 0.177 e. The molecule has 8 heteroatoms. The maximum atomic E-state index is 12.8. The number of halogens is 1. The first-order chi connectivity index (χ1) is 10.8. The molecule has 1 aromatic rings. The summed E-state index contributed by atoms with van der Waals surface area (Å²) in [5.41, 5.74) is 3.88. The number of hydrogen-bond donors (Lipinski definition) is 4. The Morgan fingerprint density at radius 3 is 1.88 bits per heavy atom. The van der Waals surface area contributed by atoms with Gasteiger partial charge in [0.2, 0.25) is 0 Å². The molecule has 0 saturated carbocycles. The third-order valence-corrected chi connectivity index (χ3v) is 3.68. The molecule has 5 N–H and O–H groups in total. The number of anilines is 1. The van der Waals surface area contributed by atoms with Crippen LogP contribution >= 0.6 is 12.0 Å². The predicted octanol–water partition coefficient (Wildman–Crippen LogP) is 2.34. The van der Waals surface area contributed by atoms with Gasteiger partial charge in [0, 0.05) is 5.75 Å². The molecule has 138 valence electrons. The normalized spacial score (nSPS) is 10.9. The number of rotatable bonds is 4. The molecule has 0 fully saturated rings. The number of nitrogens with two attached hydrogens (primary N) is 1. The molecule has 0 atom stereocenters. The fraction of sp³-hybridized carbons (Fsp3) is 0.625. The van der Waals surface area contributed by atoms with Crippen LogP contribution < -0.4 is 15.9 Å². The second kappa shape index (κ2) is 11.6. The minimum atomic E-state index is -1.01. The van der Waals surface area contributed by atoms with Crippen LogP contribution in [-0.4, -0.2) is 46.7 Å². The van der Waals surface area contributed by atoms with E-state index in [1.807, 2.05) is 6.92 Å². The fourth-order valence-corrected chi connectivity index (χ4v) is 1.13. The van der Waals surface area contributed by atoms with Gasteiger partial charge in [0.1, 0.15) is 7.85 Å². The number of hydrogen-bond acceptors (Lipinski definition) is 6. The first-order valence-corrected chi connectivity index (χ1v) is 8.35. The molecule has 0 aliphatic carbocycles. The highest BCUT2D eigenvalue weighted by Crippen LogP contribution is 2.22. The average molecular weight is 361 g/mol. The van der Waals surface area contributed by atoms with Crippen LogP contribution in [0.3, 0.4) is 0 Å². The molecule has 0 aromatic heterocycles. The maximum absolute atomic E-state index is 12.8. The molecule has 0 aliphatic heterocycles. The van der Waals surface area contributed by atoms with Gasteiger partial charge >= 0.3 is 0 Å². The highest BCUT2D eigenvalue weighted by atomic mass is 32.2. The van der Waals surface area contributed by atoms with Crippen molar-refractivity contribution in [2.24, 2.45) is 0 Å². The van der Waals surface area contributed by atoms with Crippen LogP contribution in [0.5, 0.6) is 5.75 Å². The second-order valence-corrected chi connectivity index (χ2v) is 6.74. The van der Waals surface area contributed by atoms with Crippen LogP contribution in [0.1, 0.15) is 41.0 Å². The van der Waals surface area contributed by atoms with Gasteiger partial charge in [-0.05, 0) is 58.3 Å². The molecular formula is C16H29BFNO4S. The molecule has 2 radical (unpaired) electrons. The van der Waals surface area contributed by atoms with Crippen molar-refractivity contribution in [3.63, 3.8) is 0 Å². The molecule has 0 spiro atoms. The first kappa shape index (κ1) is 25.3. The van der Waals surface area contributed by atoms with Crippen LogP contribution in [-0.2, 0) is 0 Å². The average Bonchev–Trinajstić information content (AvgIpc) is 2.38. The summed E-state index contributed by atoms with van der Waals surface area (Å²) in [7, 11) is 6.66. The van der Waals surface area contributed by atoms with Gasteiger partial charge in [-0.2, -0.15) is 0 Å². The zero-order valence-corrected chi connectivity index (χ0v) is 16.1. The Kier molecular flexibility index (Phi) is 12.2. The molecule has 1 rings (SSSR count). The van der Waals surface area contributed by atoms with Gasteiger partial charge in [-0.25, -0.2) is 4.39 Å². The van der Waals surface area contributed by atoms with Crippen molar-refractivity contribution in [2.45, 2.75) is 52.2 Å². The number of nitrogen functional groups attached to an aromatic ring is 1. The van der Waals surface area contributed by atoms with Crippen LogP contribution in [0.15, 0.2) is 12.1 Å². The first-order valence-electron chi connectivity index (χ1n) is 7.41. The SMILES string of the molecule is CC(C)(O)C(C)(C)O.CCCSO.[B]c1cc(N)c(OC)c(F)c1. The number of ether oxygens (including phenoxy) is 1. The topological polar surface area (TPSA) is 95.9 Å². The Morgan fingerprint density at radius 1 is 1.21 bits per heavy atom. The van der Waals surface area contributed by atoms with Gasteiger partial charge in [-0.3, -0.25) is 0 Å². The molecule has 0 saturated heterocycles. The van der Waals surface area contributed by atoms with Crippen LogP contribution in [0.4, 0.5) is 10.1 Å². The van der Waals surface area contributed by atoms with E-state index in [0.29, 0.717) is 5.46 Å². The van der Waals surface area contributed by atoms with Crippen molar-refractivity contribution in [2.75, 3.05) is 18.6 Å². The summed E-state index contributed by atoms with van der Waals surface area (Å²) in [6.07, 6.45) is 1.06. The molecule has 0 heterocycles. The van der Waals surface area contributed by atoms with Crippen molar-refractivity contribution >= 4 is 31.0 Å². The van der Waals surface area contributed by atoms with Gasteiger partial charge in [-0.15, -0.1) is 0 Å². The minimum Gasteiger partial charge on any atom is -0.492 e. The van der Waals surface area contributed by atoms with E-state index in [1.54, 1.807) is 27.7 Å². The molecule has 0 aliphatic rings. The predicted molar refractivity (Wildman–Crippen MR) is 101 cm³/mol. The third-order valence-electron chi connectivity index (χ3n) is 3.09. The van der Waals surface area contributed by atoms with Crippen LogP contribution in [0.2, 0.25) is 0 Å². The summed E-state index contributed by atoms with van der Waals surface area (Å²) in [6, 6.07) is 2.61. The van der Waals surface area contributed by atoms with Crippen molar-refractivity contribution in [1.82, 2.24) is 0 Å². The Morgan fingerprint density at radius 2 is 1.67 bits per heavy atom. The Balaban J connectivity index is 0. The smallest absolute Gasteiger partial charge is 0.177 e. The summed E-state index contributed by atoms with van der Waals surface area (Å²) in [5, 5.41) is 18.2. The Bertz CT molecular complexity index is 439. The van der Waals surface area contributed by atoms with E-state index in [0.717, 1.165) is 30.3 Å². The molecular weight excluding hydrogens is 332 g/mol. The van der Waals surface area contributed by atoms with Gasteiger partial charge < -0.3 is 25.2 Å². The quantitative estimate of drug-likeness (QED) is 0.374. The van der Waals surface area contributed by atoms with E-state index in [4.69, 9.17) is 28.3 Å². The molecule has 0 unspecified atom stereocenters.